The number of amides is 5. The second-order valence-electron chi connectivity index (χ2n) is 21.0. The Labute approximate surface area is 443 Å². The quantitative estimate of drug-likeness (QED) is 0.0640. The fourth-order valence-corrected chi connectivity index (χ4v) is 12.6. The predicted octanol–water partition coefficient (Wildman–Crippen LogP) is -0.845. The first-order valence-corrected chi connectivity index (χ1v) is 26.3. The van der Waals surface area contributed by atoms with Gasteiger partial charge in [0, 0.05) is 101 Å². The van der Waals surface area contributed by atoms with Gasteiger partial charge in [-0.2, -0.15) is 0 Å². The van der Waals surface area contributed by atoms with Crippen LogP contribution in [0, 0.1) is 23.7 Å². The summed E-state index contributed by atoms with van der Waals surface area (Å²) >= 11 is 0. The molecule has 1 saturated carbocycles. The van der Waals surface area contributed by atoms with E-state index in [9.17, 15) is 73.5 Å². The smallest absolute Gasteiger partial charge is 0.326 e. The van der Waals surface area contributed by atoms with Crippen LogP contribution in [0.2, 0.25) is 0 Å². The first-order valence-electron chi connectivity index (χ1n) is 26.3. The summed E-state index contributed by atoms with van der Waals surface area (Å²) in [5.74, 6) is -12.9. The maximum Gasteiger partial charge on any atom is 0.326 e. The maximum absolute atomic E-state index is 14.4. The molecule has 5 fully saturated rings. The highest BCUT2D eigenvalue weighted by molar-refractivity contribution is 5.90. The molecule has 6 bridgehead atoms. The number of hydrogen-bond donors (Lipinski definition) is 11. The lowest BCUT2D eigenvalue weighted by Crippen LogP contribution is -2.79. The highest BCUT2D eigenvalue weighted by atomic mass is 16.4. The number of benzene rings is 1. The molecule has 26 nitrogen and oxygen atoms in total. The highest BCUT2D eigenvalue weighted by Crippen LogP contribution is 2.49. The first-order chi connectivity index (χ1) is 36.7. The van der Waals surface area contributed by atoms with Crippen LogP contribution in [0.1, 0.15) is 70.3 Å². The summed E-state index contributed by atoms with van der Waals surface area (Å²) in [6, 6.07) is -2.33. The number of carboxylic acid groups (broad SMARTS) is 6. The van der Waals surface area contributed by atoms with E-state index in [4.69, 9.17) is 5.11 Å². The van der Waals surface area contributed by atoms with Crippen molar-refractivity contribution in [1.82, 2.24) is 51.2 Å². The number of nitrogens with zero attached hydrogens (tertiary/aromatic N) is 5. The molecule has 11 N–H and O–H groups in total. The van der Waals surface area contributed by atoms with Gasteiger partial charge >= 0.3 is 41.8 Å². The van der Waals surface area contributed by atoms with Crippen molar-refractivity contribution >= 4 is 70.3 Å². The van der Waals surface area contributed by atoms with Gasteiger partial charge in [0.05, 0.1) is 12.1 Å². The van der Waals surface area contributed by atoms with Crippen molar-refractivity contribution in [2.75, 3.05) is 65.4 Å². The number of unbranched alkanes of at least 4 members (excludes halogenated alkanes) is 1. The molecular formula is C51H70N10O16. The second kappa shape index (κ2) is 25.4. The van der Waals surface area contributed by atoms with Crippen LogP contribution in [0.15, 0.2) is 36.7 Å². The fourth-order valence-electron chi connectivity index (χ4n) is 12.6. The Balaban J connectivity index is 1.07. The highest BCUT2D eigenvalue weighted by Gasteiger charge is 2.66. The molecule has 4 saturated heterocycles. The average Bonchev–Trinajstić information content (AvgIpc) is 3.58. The molecule has 4 aliphatic heterocycles. The van der Waals surface area contributed by atoms with E-state index in [-0.39, 0.29) is 90.9 Å². The van der Waals surface area contributed by atoms with Crippen LogP contribution in [0.3, 0.4) is 0 Å². The van der Waals surface area contributed by atoms with E-state index < -0.39 is 138 Å². The number of hydrogen-bond acceptors (Lipinski definition) is 15. The molecule has 5 heterocycles. The Bertz CT molecular complexity index is 2560. The minimum absolute atomic E-state index is 0.0394. The van der Waals surface area contributed by atoms with Gasteiger partial charge < -0.3 is 57.2 Å². The molecule has 5 amide bonds. The summed E-state index contributed by atoms with van der Waals surface area (Å²) in [4.78, 5) is 142. The van der Waals surface area contributed by atoms with E-state index in [0.717, 1.165) is 10.8 Å². The number of aromatic nitrogens is 1. The van der Waals surface area contributed by atoms with Crippen LogP contribution in [0.25, 0.3) is 10.8 Å². The minimum Gasteiger partial charge on any atom is -0.481 e. The third-order valence-electron chi connectivity index (χ3n) is 16.5. The molecule has 7 rings (SSSR count). The standard InChI is InChI=1S/C51H70N10O16/c1-28(51-39-40(47(71)72)59-18-16-58(27-37(62)57-51)17-19-61(42(51)49(75)76)23-22-60(21-20-59)41(39)48(73)74)30-7-9-32(10-8-30)43(65)54-36(25-29-5-6-31-13-15-52-26-33(31)24-29)44(66)53-14-3-2-4-34(45(67)68)55-50(77)56-35(46(69)70)11-12-38(63)64/h5-6,13,15,24,26,28,30,32,34-36,39-42H,2-4,7-12,14,16-23,25,27H2,1H3,(H,53,66)(H,54,65)(H,57,62)(H,63,64)(H,67,68)(H,69,70)(H,71,72)(H,73,74)(H,75,76)(H2,55,56,77). The van der Waals surface area contributed by atoms with Crippen molar-refractivity contribution in [3.8, 4) is 0 Å². The van der Waals surface area contributed by atoms with Gasteiger partial charge in [-0.05, 0) is 86.3 Å². The van der Waals surface area contributed by atoms with Crippen LogP contribution < -0.4 is 26.6 Å². The van der Waals surface area contributed by atoms with Crippen molar-refractivity contribution in [1.29, 1.82) is 0 Å². The van der Waals surface area contributed by atoms with Gasteiger partial charge in [0.1, 0.15) is 36.3 Å². The van der Waals surface area contributed by atoms with E-state index in [1.54, 1.807) is 34.0 Å². The van der Waals surface area contributed by atoms with Gasteiger partial charge in [-0.3, -0.25) is 58.1 Å². The number of nitrogens with one attached hydrogen (secondary N) is 5. The molecule has 0 radical (unpaired) electrons. The fraction of sp³-hybridized carbons (Fsp3) is 0.627. The van der Waals surface area contributed by atoms with E-state index in [1.807, 2.05) is 29.2 Å². The predicted molar refractivity (Wildman–Crippen MR) is 270 cm³/mol. The zero-order valence-electron chi connectivity index (χ0n) is 42.9. The van der Waals surface area contributed by atoms with Crippen molar-refractivity contribution in [2.45, 2.75) is 113 Å². The topological polar surface area (TPSA) is 378 Å². The lowest BCUT2D eigenvalue weighted by atomic mass is 9.57. The average molecular weight is 1080 g/mol. The lowest BCUT2D eigenvalue weighted by Gasteiger charge is -2.58. The van der Waals surface area contributed by atoms with E-state index in [1.165, 1.54) is 0 Å². The number of pyridine rings is 1. The normalized spacial score (nSPS) is 29.5. The van der Waals surface area contributed by atoms with Gasteiger partial charge in [0.2, 0.25) is 17.7 Å². The molecule has 2 aromatic rings. The Morgan fingerprint density at radius 3 is 1.90 bits per heavy atom. The number of carbonyl (C=O) groups excluding carboxylic acids is 4. The van der Waals surface area contributed by atoms with Gasteiger partial charge in [0.25, 0.3) is 0 Å². The van der Waals surface area contributed by atoms with E-state index in [2.05, 4.69) is 31.6 Å². The van der Waals surface area contributed by atoms with Gasteiger partial charge in [-0.15, -0.1) is 0 Å². The molecule has 13 unspecified atom stereocenters. The molecule has 420 valence electrons. The summed E-state index contributed by atoms with van der Waals surface area (Å²) in [6.45, 7) is 3.53. The maximum atomic E-state index is 14.4. The lowest BCUT2D eigenvalue weighted by molar-refractivity contribution is -0.171. The molecule has 13 atom stereocenters. The summed E-state index contributed by atoms with van der Waals surface area (Å²) in [5.41, 5.74) is -1.22. The van der Waals surface area contributed by atoms with Crippen molar-refractivity contribution < 1.29 is 78.6 Å². The second-order valence-corrected chi connectivity index (χ2v) is 21.0. The van der Waals surface area contributed by atoms with E-state index >= 15 is 0 Å². The Morgan fingerprint density at radius 1 is 0.701 bits per heavy atom. The summed E-state index contributed by atoms with van der Waals surface area (Å²) in [6.07, 6.45) is 3.86. The third-order valence-corrected chi connectivity index (χ3v) is 16.5. The Kier molecular flexibility index (Phi) is 19.0. The number of carboxylic acids is 6. The van der Waals surface area contributed by atoms with Crippen LogP contribution in [0.4, 0.5) is 4.79 Å². The Morgan fingerprint density at radius 2 is 1.30 bits per heavy atom. The minimum atomic E-state index is -1.93. The molecule has 77 heavy (non-hydrogen) atoms. The summed E-state index contributed by atoms with van der Waals surface area (Å²) < 4.78 is 0. The number of carbonyl (C=O) groups is 10. The number of fused-ring (bicyclic) bond motifs is 7. The van der Waals surface area contributed by atoms with Gasteiger partial charge in [0.15, 0.2) is 0 Å². The molecule has 1 aromatic carbocycles. The van der Waals surface area contributed by atoms with E-state index in [0.29, 0.717) is 31.5 Å². The SMILES string of the molecule is CC(C1CCC(C(=O)NC(Cc2ccc3ccncc3c2)C(=O)NCCCCC(NC(=O)NC(CCC(=O)O)C(=O)O)C(=O)O)CC1)C12NC(=O)CN3CCN4CCN(CCN(CC3)C1C(=O)O)C(C(=O)O)C2C4C(=O)O. The number of urea groups is 1. The van der Waals surface area contributed by atoms with Crippen molar-refractivity contribution in [2.24, 2.45) is 23.7 Å². The number of rotatable bonds is 22. The molecule has 1 aromatic heterocycles. The molecule has 5 aliphatic rings. The number of aliphatic carboxylic acids is 6. The van der Waals surface area contributed by atoms with Crippen LogP contribution in [0.5, 0.6) is 0 Å². The first kappa shape index (κ1) is 57.7. The molecule has 26 heteroatoms. The van der Waals surface area contributed by atoms with Crippen LogP contribution >= 0.6 is 0 Å². The third kappa shape index (κ3) is 13.6. The zero-order valence-corrected chi connectivity index (χ0v) is 42.9. The monoisotopic (exact) mass is 1080 g/mol. The molecule has 1 aliphatic carbocycles. The van der Waals surface area contributed by atoms with Crippen molar-refractivity contribution in [3.63, 3.8) is 0 Å². The Hall–Kier alpha value is -7.03. The summed E-state index contributed by atoms with van der Waals surface area (Å²) in [7, 11) is 0. The van der Waals surface area contributed by atoms with Crippen LogP contribution in [-0.2, 0) is 49.6 Å². The van der Waals surface area contributed by atoms with Gasteiger partial charge in [-0.25, -0.2) is 14.4 Å². The van der Waals surface area contributed by atoms with Crippen molar-refractivity contribution in [3.05, 3.63) is 42.2 Å². The largest absolute Gasteiger partial charge is 0.481 e. The summed E-state index contributed by atoms with van der Waals surface area (Å²) in [5, 5.41) is 76.5. The molecule has 0 spiro atoms. The van der Waals surface area contributed by atoms with Gasteiger partial charge in [-0.1, -0.05) is 19.1 Å². The molecular weight excluding hydrogens is 1010 g/mol. The van der Waals surface area contributed by atoms with Crippen LogP contribution in [-0.4, -0.2) is 222 Å². The zero-order chi connectivity index (χ0) is 55.7.